The van der Waals surface area contributed by atoms with Gasteiger partial charge in [-0.1, -0.05) is 25.1 Å². The van der Waals surface area contributed by atoms with Crippen LogP contribution in [0.5, 0.6) is 0 Å². The third kappa shape index (κ3) is 1.99. The number of hydrogen-bond donors (Lipinski definition) is 1. The number of aromatic nitrogens is 2. The van der Waals surface area contributed by atoms with Crippen molar-refractivity contribution in [2.45, 2.75) is 19.8 Å². The Morgan fingerprint density at radius 3 is 2.95 bits per heavy atom. The highest BCUT2D eigenvalue weighted by Gasteiger charge is 2.44. The Morgan fingerprint density at radius 1 is 1.45 bits per heavy atom. The summed E-state index contributed by atoms with van der Waals surface area (Å²) in [5.41, 5.74) is 0.233. The zero-order chi connectivity index (χ0) is 14.2. The van der Waals surface area contributed by atoms with Crippen LogP contribution in [0.1, 0.15) is 19.8 Å². The standard InChI is InChI=1S/C15H17N3O2/c1-2-15(13(19)20)7-8-18(10-15)14-16-9-11-5-3-4-6-12(11)17-14/h3-6,9H,2,7-8,10H2,1H3,(H,19,20). The molecule has 0 saturated carbocycles. The molecule has 2 heterocycles. The Morgan fingerprint density at radius 2 is 2.25 bits per heavy atom. The molecule has 1 saturated heterocycles. The number of para-hydroxylation sites is 1. The van der Waals surface area contributed by atoms with Crippen molar-refractivity contribution < 1.29 is 9.90 Å². The van der Waals surface area contributed by atoms with E-state index in [0.29, 0.717) is 31.9 Å². The van der Waals surface area contributed by atoms with Gasteiger partial charge in [-0.25, -0.2) is 9.97 Å². The van der Waals surface area contributed by atoms with Gasteiger partial charge in [0.2, 0.25) is 5.95 Å². The van der Waals surface area contributed by atoms with Crippen LogP contribution in [-0.4, -0.2) is 34.1 Å². The predicted octanol–water partition coefficient (Wildman–Crippen LogP) is 2.32. The van der Waals surface area contributed by atoms with Crippen molar-refractivity contribution in [3.8, 4) is 0 Å². The zero-order valence-electron chi connectivity index (χ0n) is 11.4. The van der Waals surface area contributed by atoms with E-state index in [0.717, 1.165) is 10.9 Å². The average Bonchev–Trinajstić information content (AvgIpc) is 2.92. The summed E-state index contributed by atoms with van der Waals surface area (Å²) in [7, 11) is 0. The van der Waals surface area contributed by atoms with Gasteiger partial charge in [0, 0.05) is 24.7 Å². The summed E-state index contributed by atoms with van der Waals surface area (Å²) in [6.07, 6.45) is 3.08. The quantitative estimate of drug-likeness (QED) is 0.928. The summed E-state index contributed by atoms with van der Waals surface area (Å²) in [6.45, 7) is 3.11. The van der Waals surface area contributed by atoms with E-state index in [4.69, 9.17) is 0 Å². The third-order valence-electron chi connectivity index (χ3n) is 4.24. The van der Waals surface area contributed by atoms with E-state index < -0.39 is 11.4 Å². The Balaban J connectivity index is 1.91. The molecule has 1 aliphatic rings. The minimum absolute atomic E-state index is 0.483. The number of carboxylic acid groups (broad SMARTS) is 1. The average molecular weight is 271 g/mol. The number of aliphatic carboxylic acids is 1. The summed E-state index contributed by atoms with van der Waals surface area (Å²) in [5.74, 6) is -0.0939. The maximum atomic E-state index is 11.5. The van der Waals surface area contributed by atoms with Crippen LogP contribution in [0.2, 0.25) is 0 Å². The van der Waals surface area contributed by atoms with E-state index in [-0.39, 0.29) is 0 Å². The molecule has 1 atom stereocenters. The number of anilines is 1. The molecule has 0 bridgehead atoms. The highest BCUT2D eigenvalue weighted by atomic mass is 16.4. The van der Waals surface area contributed by atoms with Crippen molar-refractivity contribution in [1.29, 1.82) is 0 Å². The summed E-state index contributed by atoms with van der Waals surface area (Å²) in [4.78, 5) is 22.4. The molecule has 1 fully saturated rings. The van der Waals surface area contributed by atoms with Crippen molar-refractivity contribution in [3.63, 3.8) is 0 Å². The van der Waals surface area contributed by atoms with Gasteiger partial charge >= 0.3 is 5.97 Å². The molecule has 3 rings (SSSR count). The van der Waals surface area contributed by atoms with E-state index in [1.807, 2.05) is 36.1 Å². The highest BCUT2D eigenvalue weighted by Crippen LogP contribution is 2.35. The van der Waals surface area contributed by atoms with Crippen molar-refractivity contribution in [2.24, 2.45) is 5.41 Å². The van der Waals surface area contributed by atoms with Crippen LogP contribution >= 0.6 is 0 Å². The number of nitrogens with zero attached hydrogens (tertiary/aromatic N) is 3. The lowest BCUT2D eigenvalue weighted by molar-refractivity contribution is -0.147. The molecule has 0 aliphatic carbocycles. The molecule has 1 aliphatic heterocycles. The van der Waals surface area contributed by atoms with Gasteiger partial charge in [-0.15, -0.1) is 0 Å². The monoisotopic (exact) mass is 271 g/mol. The molecule has 1 unspecified atom stereocenters. The van der Waals surface area contributed by atoms with Crippen molar-refractivity contribution in [1.82, 2.24) is 9.97 Å². The number of rotatable bonds is 3. The molecular formula is C15H17N3O2. The second kappa shape index (κ2) is 4.74. The van der Waals surface area contributed by atoms with E-state index in [2.05, 4.69) is 9.97 Å². The zero-order valence-corrected chi connectivity index (χ0v) is 11.4. The fraction of sp³-hybridized carbons (Fsp3) is 0.400. The molecule has 1 aromatic heterocycles. The Bertz CT molecular complexity index is 658. The first-order chi connectivity index (χ1) is 9.64. The molecule has 1 N–H and O–H groups in total. The van der Waals surface area contributed by atoms with Crippen LogP contribution in [0, 0.1) is 5.41 Å². The fourth-order valence-corrected chi connectivity index (χ4v) is 2.77. The Labute approximate surface area is 117 Å². The summed E-state index contributed by atoms with van der Waals surface area (Å²) in [5, 5.41) is 10.4. The topological polar surface area (TPSA) is 66.3 Å². The normalized spacial score (nSPS) is 22.4. The number of hydrogen-bond acceptors (Lipinski definition) is 4. The second-order valence-electron chi connectivity index (χ2n) is 5.34. The third-order valence-corrected chi connectivity index (χ3v) is 4.24. The summed E-state index contributed by atoms with van der Waals surface area (Å²) < 4.78 is 0. The highest BCUT2D eigenvalue weighted by molar-refractivity contribution is 5.79. The lowest BCUT2D eigenvalue weighted by Crippen LogP contribution is -2.34. The van der Waals surface area contributed by atoms with Gasteiger partial charge in [0.05, 0.1) is 10.9 Å². The van der Waals surface area contributed by atoms with Gasteiger partial charge in [0.1, 0.15) is 0 Å². The van der Waals surface area contributed by atoms with Crippen LogP contribution in [0.3, 0.4) is 0 Å². The first kappa shape index (κ1) is 12.8. The summed E-state index contributed by atoms with van der Waals surface area (Å²) >= 11 is 0. The van der Waals surface area contributed by atoms with Crippen LogP contribution in [-0.2, 0) is 4.79 Å². The summed E-state index contributed by atoms with van der Waals surface area (Å²) in [6, 6.07) is 7.81. The van der Waals surface area contributed by atoms with Crippen molar-refractivity contribution in [2.75, 3.05) is 18.0 Å². The molecular weight excluding hydrogens is 254 g/mol. The Hall–Kier alpha value is -2.17. The Kier molecular flexibility index (Phi) is 3.04. The fourth-order valence-electron chi connectivity index (χ4n) is 2.77. The van der Waals surface area contributed by atoms with Gasteiger partial charge in [-0.3, -0.25) is 4.79 Å². The maximum Gasteiger partial charge on any atom is 0.311 e. The maximum absolute atomic E-state index is 11.5. The SMILES string of the molecule is CCC1(C(=O)O)CCN(c2ncc3ccccc3n2)C1. The molecule has 0 spiro atoms. The molecule has 20 heavy (non-hydrogen) atoms. The number of fused-ring (bicyclic) bond motifs is 1. The van der Waals surface area contributed by atoms with E-state index in [1.165, 1.54) is 0 Å². The molecule has 0 radical (unpaired) electrons. The molecule has 2 aromatic rings. The number of benzene rings is 1. The molecule has 5 heteroatoms. The van der Waals surface area contributed by atoms with E-state index >= 15 is 0 Å². The van der Waals surface area contributed by atoms with E-state index in [1.54, 1.807) is 6.20 Å². The van der Waals surface area contributed by atoms with Gasteiger partial charge in [-0.05, 0) is 18.9 Å². The largest absolute Gasteiger partial charge is 0.481 e. The minimum atomic E-state index is -0.719. The first-order valence-corrected chi connectivity index (χ1v) is 6.85. The van der Waals surface area contributed by atoms with E-state index in [9.17, 15) is 9.90 Å². The molecule has 0 amide bonds. The van der Waals surface area contributed by atoms with Crippen molar-refractivity contribution >= 4 is 22.8 Å². The first-order valence-electron chi connectivity index (χ1n) is 6.85. The van der Waals surface area contributed by atoms with Crippen LogP contribution in [0.25, 0.3) is 10.9 Å². The number of carbonyl (C=O) groups is 1. The van der Waals surface area contributed by atoms with Crippen LogP contribution < -0.4 is 4.90 Å². The minimum Gasteiger partial charge on any atom is -0.481 e. The number of carboxylic acids is 1. The van der Waals surface area contributed by atoms with Gasteiger partial charge in [-0.2, -0.15) is 0 Å². The van der Waals surface area contributed by atoms with Gasteiger partial charge in [0.25, 0.3) is 0 Å². The molecule has 104 valence electrons. The molecule has 5 nitrogen and oxygen atoms in total. The van der Waals surface area contributed by atoms with Gasteiger partial charge < -0.3 is 10.0 Å². The lowest BCUT2D eigenvalue weighted by atomic mass is 9.84. The smallest absolute Gasteiger partial charge is 0.311 e. The van der Waals surface area contributed by atoms with Crippen LogP contribution in [0.4, 0.5) is 5.95 Å². The van der Waals surface area contributed by atoms with Crippen LogP contribution in [0.15, 0.2) is 30.5 Å². The lowest BCUT2D eigenvalue weighted by Gasteiger charge is -2.23. The van der Waals surface area contributed by atoms with Crippen molar-refractivity contribution in [3.05, 3.63) is 30.5 Å². The van der Waals surface area contributed by atoms with Gasteiger partial charge in [0.15, 0.2) is 0 Å². The second-order valence-corrected chi connectivity index (χ2v) is 5.34. The predicted molar refractivity (Wildman–Crippen MR) is 76.7 cm³/mol. The molecule has 1 aromatic carbocycles.